The van der Waals surface area contributed by atoms with E-state index in [1.165, 1.54) is 0 Å². The van der Waals surface area contributed by atoms with E-state index < -0.39 is 23.9 Å². The fourth-order valence-corrected chi connectivity index (χ4v) is 3.63. The number of rotatable bonds is 19. The third kappa shape index (κ3) is 16.1. The molecular formula is C20H34O8. The number of carboxylic acid groups (broad SMARTS) is 4. The second-order valence-corrected chi connectivity index (χ2v) is 7.37. The maximum Gasteiger partial charge on any atom is 0.303 e. The highest BCUT2D eigenvalue weighted by Crippen LogP contribution is 2.32. The predicted octanol–water partition coefficient (Wildman–Crippen LogP) is 4.02. The van der Waals surface area contributed by atoms with Crippen LogP contribution in [0.1, 0.15) is 89.9 Å². The van der Waals surface area contributed by atoms with E-state index in [2.05, 4.69) is 0 Å². The lowest BCUT2D eigenvalue weighted by Gasteiger charge is -2.27. The van der Waals surface area contributed by atoms with Crippen LogP contribution in [0.5, 0.6) is 0 Å². The van der Waals surface area contributed by atoms with Crippen LogP contribution in [0.25, 0.3) is 0 Å². The number of carbonyl (C=O) groups is 4. The van der Waals surface area contributed by atoms with E-state index in [4.69, 9.17) is 20.4 Å². The van der Waals surface area contributed by atoms with Crippen molar-refractivity contribution in [2.75, 3.05) is 0 Å². The summed E-state index contributed by atoms with van der Waals surface area (Å²) in [4.78, 5) is 43.0. The summed E-state index contributed by atoms with van der Waals surface area (Å²) in [7, 11) is 0. The van der Waals surface area contributed by atoms with Gasteiger partial charge in [-0.1, -0.05) is 25.7 Å². The molecule has 162 valence electrons. The summed E-state index contributed by atoms with van der Waals surface area (Å²) in [6, 6.07) is 0. The SMILES string of the molecule is O=C(O)CCCCC(CCCC(=O)O)C(CCCCC(=O)O)CCCC(=O)O. The van der Waals surface area contributed by atoms with Crippen LogP contribution in [0, 0.1) is 11.8 Å². The minimum atomic E-state index is -0.853. The van der Waals surface area contributed by atoms with Crippen LogP contribution in [0.2, 0.25) is 0 Å². The molecular weight excluding hydrogens is 368 g/mol. The van der Waals surface area contributed by atoms with Gasteiger partial charge in [0, 0.05) is 25.7 Å². The first-order chi connectivity index (χ1) is 13.2. The molecule has 8 heteroatoms. The van der Waals surface area contributed by atoms with Crippen LogP contribution in [-0.4, -0.2) is 44.3 Å². The fourth-order valence-electron chi connectivity index (χ4n) is 3.63. The van der Waals surface area contributed by atoms with Crippen molar-refractivity contribution in [3.8, 4) is 0 Å². The van der Waals surface area contributed by atoms with E-state index in [-0.39, 0.29) is 37.5 Å². The minimum absolute atomic E-state index is 0.0759. The molecule has 0 aromatic carbocycles. The number of aliphatic carboxylic acids is 4. The topological polar surface area (TPSA) is 149 Å². The molecule has 0 fully saturated rings. The Hall–Kier alpha value is -2.12. The molecule has 0 spiro atoms. The van der Waals surface area contributed by atoms with Gasteiger partial charge in [-0.25, -0.2) is 0 Å². The largest absolute Gasteiger partial charge is 0.481 e. The Morgan fingerprint density at radius 2 is 0.679 bits per heavy atom. The van der Waals surface area contributed by atoms with Crippen molar-refractivity contribution in [1.29, 1.82) is 0 Å². The van der Waals surface area contributed by atoms with Crippen molar-refractivity contribution < 1.29 is 39.6 Å². The Kier molecular flexibility index (Phi) is 14.7. The van der Waals surface area contributed by atoms with Crippen molar-refractivity contribution in [2.45, 2.75) is 89.9 Å². The summed E-state index contributed by atoms with van der Waals surface area (Å²) >= 11 is 0. The first-order valence-corrected chi connectivity index (χ1v) is 10.1. The van der Waals surface area contributed by atoms with E-state index in [0.29, 0.717) is 38.5 Å². The molecule has 0 saturated heterocycles. The van der Waals surface area contributed by atoms with Gasteiger partial charge >= 0.3 is 23.9 Å². The molecule has 8 nitrogen and oxygen atoms in total. The van der Waals surface area contributed by atoms with Crippen LogP contribution in [0.4, 0.5) is 0 Å². The number of carboxylic acids is 4. The lowest BCUT2D eigenvalue weighted by atomic mass is 9.78. The van der Waals surface area contributed by atoms with Crippen LogP contribution in [0.15, 0.2) is 0 Å². The summed E-state index contributed by atoms with van der Waals surface area (Å²) in [5.41, 5.74) is 0. The summed E-state index contributed by atoms with van der Waals surface area (Å²) in [6.45, 7) is 0. The highest BCUT2D eigenvalue weighted by Gasteiger charge is 2.22. The first-order valence-electron chi connectivity index (χ1n) is 10.1. The van der Waals surface area contributed by atoms with Gasteiger partial charge < -0.3 is 20.4 Å². The van der Waals surface area contributed by atoms with Gasteiger partial charge in [0.2, 0.25) is 0 Å². The zero-order chi connectivity index (χ0) is 21.4. The van der Waals surface area contributed by atoms with Gasteiger partial charge in [-0.15, -0.1) is 0 Å². The van der Waals surface area contributed by atoms with E-state index in [1.54, 1.807) is 0 Å². The molecule has 28 heavy (non-hydrogen) atoms. The van der Waals surface area contributed by atoms with Crippen LogP contribution in [0.3, 0.4) is 0 Å². The van der Waals surface area contributed by atoms with Crippen molar-refractivity contribution in [3.63, 3.8) is 0 Å². The van der Waals surface area contributed by atoms with Crippen molar-refractivity contribution >= 4 is 23.9 Å². The highest BCUT2D eigenvalue weighted by atomic mass is 16.4. The molecule has 0 aromatic heterocycles. The third-order valence-corrected chi connectivity index (χ3v) is 5.03. The molecule has 0 aliphatic carbocycles. The zero-order valence-corrected chi connectivity index (χ0v) is 16.5. The van der Waals surface area contributed by atoms with Gasteiger partial charge in [0.05, 0.1) is 0 Å². The standard InChI is InChI=1S/C20H34O8/c21-17(22)11-3-1-7-15(9-5-13-19(25)26)16(10-6-14-20(27)28)8-2-4-12-18(23)24/h15-16H,1-14H2,(H,21,22)(H,23,24)(H,25,26)(H,27,28). The maximum absolute atomic E-state index is 10.8. The van der Waals surface area contributed by atoms with Gasteiger partial charge in [-0.2, -0.15) is 0 Å². The Morgan fingerprint density at radius 1 is 0.429 bits per heavy atom. The Labute approximate surface area is 165 Å². The molecule has 2 unspecified atom stereocenters. The molecule has 0 bridgehead atoms. The second kappa shape index (κ2) is 15.9. The molecule has 0 radical (unpaired) electrons. The molecule has 2 atom stereocenters. The number of hydrogen-bond acceptors (Lipinski definition) is 4. The molecule has 0 rings (SSSR count). The first kappa shape index (κ1) is 25.9. The van der Waals surface area contributed by atoms with Gasteiger partial charge in [0.15, 0.2) is 0 Å². The lowest BCUT2D eigenvalue weighted by molar-refractivity contribution is -0.138. The van der Waals surface area contributed by atoms with Gasteiger partial charge in [-0.3, -0.25) is 19.2 Å². The molecule has 4 N–H and O–H groups in total. The molecule has 0 aliphatic heterocycles. The predicted molar refractivity (Wildman–Crippen MR) is 102 cm³/mol. The summed E-state index contributed by atoms with van der Waals surface area (Å²) in [5.74, 6) is -2.98. The Balaban J connectivity index is 4.81. The molecule has 0 amide bonds. The van der Waals surface area contributed by atoms with E-state index >= 15 is 0 Å². The molecule has 0 saturated carbocycles. The van der Waals surface area contributed by atoms with Crippen LogP contribution >= 0.6 is 0 Å². The van der Waals surface area contributed by atoms with Crippen molar-refractivity contribution in [3.05, 3.63) is 0 Å². The van der Waals surface area contributed by atoms with E-state index in [1.807, 2.05) is 0 Å². The lowest BCUT2D eigenvalue weighted by Crippen LogP contribution is -2.17. The molecule has 0 aliphatic rings. The third-order valence-electron chi connectivity index (χ3n) is 5.03. The van der Waals surface area contributed by atoms with Crippen molar-refractivity contribution in [1.82, 2.24) is 0 Å². The quantitative estimate of drug-likeness (QED) is 0.237. The Morgan fingerprint density at radius 3 is 0.964 bits per heavy atom. The molecule has 0 heterocycles. The van der Waals surface area contributed by atoms with Crippen LogP contribution in [-0.2, 0) is 19.2 Å². The highest BCUT2D eigenvalue weighted by molar-refractivity contribution is 5.67. The van der Waals surface area contributed by atoms with Crippen molar-refractivity contribution in [2.24, 2.45) is 11.8 Å². The van der Waals surface area contributed by atoms with Gasteiger partial charge in [0.1, 0.15) is 0 Å². The normalized spacial score (nSPS) is 13.0. The number of hydrogen-bond donors (Lipinski definition) is 4. The second-order valence-electron chi connectivity index (χ2n) is 7.37. The Bertz CT molecular complexity index is 445. The number of unbranched alkanes of at least 4 members (excludes halogenated alkanes) is 2. The van der Waals surface area contributed by atoms with Gasteiger partial charge in [-0.05, 0) is 50.4 Å². The van der Waals surface area contributed by atoms with Crippen LogP contribution < -0.4 is 0 Å². The van der Waals surface area contributed by atoms with E-state index in [0.717, 1.165) is 25.7 Å². The smallest absolute Gasteiger partial charge is 0.303 e. The summed E-state index contributed by atoms with van der Waals surface area (Å²) in [6.07, 6.45) is 6.97. The monoisotopic (exact) mass is 402 g/mol. The average Bonchev–Trinajstić information content (AvgIpc) is 2.58. The zero-order valence-electron chi connectivity index (χ0n) is 16.5. The molecule has 0 aromatic rings. The summed E-state index contributed by atoms with van der Waals surface area (Å²) < 4.78 is 0. The fraction of sp³-hybridized carbons (Fsp3) is 0.800. The average molecular weight is 402 g/mol. The van der Waals surface area contributed by atoms with E-state index in [9.17, 15) is 19.2 Å². The minimum Gasteiger partial charge on any atom is -0.481 e. The summed E-state index contributed by atoms with van der Waals surface area (Å²) in [5, 5.41) is 35.3. The van der Waals surface area contributed by atoms with Gasteiger partial charge in [0.25, 0.3) is 0 Å². The maximum atomic E-state index is 10.8.